The average molecular weight is 1390 g/mol. The number of nitrogens with one attached hydrogen (secondary N) is 3. The number of carbonyl (C=O) groups is 6. The molecule has 6 aromatic rings. The van der Waals surface area contributed by atoms with E-state index >= 15 is 0 Å². The summed E-state index contributed by atoms with van der Waals surface area (Å²) in [6.07, 6.45) is 1.76. The molecule has 3 N–H and O–H groups in total. The van der Waals surface area contributed by atoms with Gasteiger partial charge >= 0.3 is 18.0 Å². The van der Waals surface area contributed by atoms with Crippen molar-refractivity contribution in [3.8, 4) is 28.7 Å². The third-order valence-corrected chi connectivity index (χ3v) is 18.8. The highest BCUT2D eigenvalue weighted by molar-refractivity contribution is 8.00. The topological polar surface area (TPSA) is 285 Å². The number of piperidine rings is 1. The van der Waals surface area contributed by atoms with Crippen molar-refractivity contribution in [2.45, 2.75) is 149 Å². The molecular formula is C69H83ClN9O16S2+. The summed E-state index contributed by atoms with van der Waals surface area (Å²) in [5, 5.41) is 17.7. The van der Waals surface area contributed by atoms with Crippen LogP contribution >= 0.6 is 34.7 Å². The number of likely N-dealkylation sites (tertiary alicyclic amines) is 1. The number of aryl methyl sites for hydroxylation is 1. The van der Waals surface area contributed by atoms with Crippen molar-refractivity contribution >= 4 is 92.2 Å². The first kappa shape index (κ1) is 72.4. The quantitative estimate of drug-likeness (QED) is 0.0114. The molecule has 518 valence electrons. The Hall–Kier alpha value is -8.92. The highest BCUT2D eigenvalue weighted by atomic mass is 35.5. The largest absolute Gasteiger partial charge is 0.497 e. The molecule has 3 aliphatic rings. The maximum atomic E-state index is 14.9. The third kappa shape index (κ3) is 17.4. The second-order valence-electron chi connectivity index (χ2n) is 26.0. The van der Waals surface area contributed by atoms with E-state index in [0.29, 0.717) is 51.5 Å². The number of anilines is 1. The van der Waals surface area contributed by atoms with E-state index in [1.165, 1.54) is 40.6 Å². The van der Waals surface area contributed by atoms with E-state index in [1.54, 1.807) is 105 Å². The molecule has 4 amide bonds. The van der Waals surface area contributed by atoms with Crippen LogP contribution in [0.25, 0.3) is 10.9 Å². The number of esters is 2. The third-order valence-electron chi connectivity index (χ3n) is 16.4. The van der Waals surface area contributed by atoms with Crippen molar-refractivity contribution in [1.82, 2.24) is 30.3 Å². The van der Waals surface area contributed by atoms with Gasteiger partial charge in [-0.25, -0.2) is 19.4 Å². The summed E-state index contributed by atoms with van der Waals surface area (Å²) in [4.78, 5) is 111. The Balaban J connectivity index is 0.990. The van der Waals surface area contributed by atoms with Crippen LogP contribution in [0.2, 0.25) is 5.02 Å². The van der Waals surface area contributed by atoms with Crippen molar-refractivity contribution in [1.29, 1.82) is 0 Å². The lowest BCUT2D eigenvalue weighted by Crippen LogP contribution is -2.71. The van der Waals surface area contributed by atoms with Crippen molar-refractivity contribution in [2.75, 3.05) is 58.6 Å². The van der Waals surface area contributed by atoms with Gasteiger partial charge in [-0.3, -0.25) is 34.1 Å². The number of halogens is 1. The van der Waals surface area contributed by atoms with Gasteiger partial charge in [-0.15, -0.1) is 23.1 Å². The van der Waals surface area contributed by atoms with E-state index in [2.05, 4.69) is 38.1 Å². The summed E-state index contributed by atoms with van der Waals surface area (Å²) in [6.45, 7) is 18.5. The zero-order valence-electron chi connectivity index (χ0n) is 56.7. The number of β-lactam (4-membered cyclic amide) rings is 1. The number of ether oxygens (including phenoxy) is 8. The SMILES string of the molecule is CCn1nc(C(=O)NCC[N+]2(CC3=C(C(=O)OCc4ccc(OC)cc4)N4C(=O)C(NC(=O)C(=NOC(C)(C)C(=O)OC(C)(C)C)c5csc(NC(=O)OC(C)(C)C)n5)C4SC3)CCCCC2C)c(=O)c2c(Cl)c(OCc3ccc(OC)cc3)c(OCc3ccc(OC)cc3)cc21. The number of rotatable bonds is 26. The zero-order chi connectivity index (χ0) is 70.1. The minimum Gasteiger partial charge on any atom is -0.497 e. The fourth-order valence-corrected chi connectivity index (χ4v) is 13.5. The summed E-state index contributed by atoms with van der Waals surface area (Å²) in [7, 11) is 4.70. The van der Waals surface area contributed by atoms with Gasteiger partial charge in [0.15, 0.2) is 28.0 Å². The van der Waals surface area contributed by atoms with Gasteiger partial charge in [0, 0.05) is 29.3 Å². The molecule has 4 unspecified atom stereocenters. The molecule has 2 fully saturated rings. The summed E-state index contributed by atoms with van der Waals surface area (Å²) in [5.41, 5.74) is -1.85. The van der Waals surface area contributed by atoms with Crippen LogP contribution in [0.4, 0.5) is 9.93 Å². The Bertz CT molecular complexity index is 4030. The second kappa shape index (κ2) is 30.7. The number of methoxy groups -OCH3 is 3. The number of carbonyl (C=O) groups excluding carboxylic acids is 6. The number of quaternary nitrogens is 1. The number of thiazole rings is 1. The van der Waals surface area contributed by atoms with Gasteiger partial charge in [-0.2, -0.15) is 5.10 Å². The molecule has 5 heterocycles. The molecule has 9 rings (SSSR count). The lowest BCUT2D eigenvalue weighted by Gasteiger charge is -2.52. The van der Waals surface area contributed by atoms with Crippen LogP contribution < -0.4 is 45.1 Å². The smallest absolute Gasteiger partial charge is 0.413 e. The molecule has 2 aromatic heterocycles. The van der Waals surface area contributed by atoms with Crippen molar-refractivity contribution in [2.24, 2.45) is 5.16 Å². The molecule has 3 aliphatic heterocycles. The first-order valence-electron chi connectivity index (χ1n) is 31.7. The lowest BCUT2D eigenvalue weighted by atomic mass is 9.96. The molecule has 0 bridgehead atoms. The Labute approximate surface area is 576 Å². The van der Waals surface area contributed by atoms with E-state index in [1.807, 2.05) is 43.3 Å². The monoisotopic (exact) mass is 1390 g/mol. The first-order valence-corrected chi connectivity index (χ1v) is 34.0. The maximum Gasteiger partial charge on any atom is 0.413 e. The fourth-order valence-electron chi connectivity index (χ4n) is 11.2. The van der Waals surface area contributed by atoms with Crippen molar-refractivity contribution < 1.29 is 76.0 Å². The standard InChI is InChI=1S/C69H82ClN9O16S2/c1-14-77-49-33-50(90-35-41-18-24-45(87-11)25-19-41)58(91-36-42-20-26-46(88-12)27-21-42)52(70)51(49)57(80)54(75-77)59(81)71-30-32-79(31-16-15-17-40(79)2)34-44-38-96-62-55(61(83)78(62)56(44)63(84)92-37-43-22-28-47(89-13)29-23-43)73-60(82)53(76-95-69(9,10)64(85)93-67(3,4)5)48-39-97-65(72-48)74-66(86)94-68(6,7)8/h18-29,33,39-40,55,62H,14-17,30-32,34-38H2,1-13H3,(H2-,71,72,73,74,81,82,86)/p+1. The lowest BCUT2D eigenvalue weighted by molar-refractivity contribution is -0.948. The number of hydrogen-bond acceptors (Lipinski definition) is 21. The van der Waals surface area contributed by atoms with Crippen LogP contribution in [0.15, 0.2) is 105 Å². The van der Waals surface area contributed by atoms with E-state index in [9.17, 15) is 33.6 Å². The van der Waals surface area contributed by atoms with Crippen LogP contribution in [-0.2, 0) is 64.6 Å². The summed E-state index contributed by atoms with van der Waals surface area (Å²) in [5.74, 6) is -1.32. The molecule has 0 radical (unpaired) electrons. The van der Waals surface area contributed by atoms with Crippen molar-refractivity contribution in [3.63, 3.8) is 0 Å². The molecule has 0 aliphatic carbocycles. The Morgan fingerprint density at radius 1 is 0.794 bits per heavy atom. The average Bonchev–Trinajstić information content (AvgIpc) is 0.867. The normalized spacial score (nSPS) is 18.0. The second-order valence-corrected chi connectivity index (χ2v) is 28.4. The minimum atomic E-state index is -1.72. The van der Waals surface area contributed by atoms with Crippen LogP contribution in [0.3, 0.4) is 0 Å². The van der Waals surface area contributed by atoms with Crippen LogP contribution in [0, 0.1) is 0 Å². The number of nitrogens with zero attached hydrogens (tertiary/aromatic N) is 6. The minimum absolute atomic E-state index is 0.00486. The summed E-state index contributed by atoms with van der Waals surface area (Å²) >= 11 is 9.55. The number of aromatic nitrogens is 3. The number of hydrogen-bond donors (Lipinski definition) is 3. The van der Waals surface area contributed by atoms with E-state index in [0.717, 1.165) is 41.7 Å². The van der Waals surface area contributed by atoms with Gasteiger partial charge in [0.2, 0.25) is 11.0 Å². The van der Waals surface area contributed by atoms with Gasteiger partial charge in [-0.1, -0.05) is 53.2 Å². The van der Waals surface area contributed by atoms with Gasteiger partial charge in [-0.05, 0) is 142 Å². The molecular weight excluding hydrogens is 1310 g/mol. The summed E-state index contributed by atoms with van der Waals surface area (Å²) in [6, 6.07) is 22.1. The Morgan fingerprint density at radius 2 is 1.39 bits per heavy atom. The molecule has 2 saturated heterocycles. The summed E-state index contributed by atoms with van der Waals surface area (Å²) < 4.78 is 47.7. The van der Waals surface area contributed by atoms with E-state index < -0.39 is 75.1 Å². The van der Waals surface area contributed by atoms with Gasteiger partial charge in [0.25, 0.3) is 17.7 Å². The van der Waals surface area contributed by atoms with Gasteiger partial charge < -0.3 is 57.8 Å². The molecule has 25 nitrogen and oxygen atoms in total. The first-order chi connectivity index (χ1) is 46.0. The van der Waals surface area contributed by atoms with Crippen LogP contribution in [-0.4, -0.2) is 153 Å². The molecule has 4 aromatic carbocycles. The Morgan fingerprint density at radius 3 is 1.97 bits per heavy atom. The molecule has 4 atom stereocenters. The molecule has 97 heavy (non-hydrogen) atoms. The highest BCUT2D eigenvalue weighted by Gasteiger charge is 2.56. The number of amides is 4. The Kier molecular flexibility index (Phi) is 22.9. The molecule has 0 spiro atoms. The number of fused-ring (bicyclic) bond motifs is 2. The van der Waals surface area contributed by atoms with Gasteiger partial charge in [0.05, 0.1) is 62.9 Å². The number of benzene rings is 4. The maximum absolute atomic E-state index is 14.9. The molecule has 0 saturated carbocycles. The van der Waals surface area contributed by atoms with Gasteiger partial charge in [0.1, 0.15) is 77.6 Å². The van der Waals surface area contributed by atoms with Crippen molar-refractivity contribution in [3.05, 3.63) is 139 Å². The predicted octanol–water partition coefficient (Wildman–Crippen LogP) is 10.1. The number of thioether (sulfide) groups is 1. The van der Waals surface area contributed by atoms with Crippen LogP contribution in [0.5, 0.6) is 28.7 Å². The predicted molar refractivity (Wildman–Crippen MR) is 366 cm³/mol. The molecule has 28 heteroatoms. The fraction of sp³-hybridized carbons (Fsp3) is 0.449. The van der Waals surface area contributed by atoms with E-state index in [4.69, 9.17) is 54.3 Å². The zero-order valence-corrected chi connectivity index (χ0v) is 59.1. The number of oxime groups is 1. The highest BCUT2D eigenvalue weighted by Crippen LogP contribution is 2.44. The van der Waals surface area contributed by atoms with Crippen LogP contribution in [0.1, 0.15) is 121 Å². The van der Waals surface area contributed by atoms with E-state index in [-0.39, 0.29) is 95.4 Å².